The van der Waals surface area contributed by atoms with E-state index in [0.717, 1.165) is 43.6 Å². The normalized spacial score (nSPS) is 22.2. The van der Waals surface area contributed by atoms with Crippen molar-refractivity contribution in [3.05, 3.63) is 29.5 Å². The highest BCUT2D eigenvalue weighted by Gasteiger charge is 2.44. The second-order valence-electron chi connectivity index (χ2n) is 8.13. The molecular formula is C23H31N2O4+. The summed E-state index contributed by atoms with van der Waals surface area (Å²) in [6.45, 7) is 4.59. The molecule has 3 atom stereocenters. The highest BCUT2D eigenvalue weighted by molar-refractivity contribution is 6.05. The van der Waals surface area contributed by atoms with E-state index in [9.17, 15) is 4.79 Å². The van der Waals surface area contributed by atoms with Crippen molar-refractivity contribution in [1.29, 1.82) is 0 Å². The van der Waals surface area contributed by atoms with Crippen molar-refractivity contribution >= 4 is 22.6 Å². The van der Waals surface area contributed by atoms with Crippen molar-refractivity contribution in [1.82, 2.24) is 4.98 Å². The number of methoxy groups -OCH3 is 3. The van der Waals surface area contributed by atoms with Gasteiger partial charge in [-0.3, -0.25) is 4.79 Å². The minimum Gasteiger partial charge on any atom is -0.496 e. The standard InChI is InChI=1S/C23H30N2O4/c1-5-14-12-25-10-9-15-21-18(7-6-8-20(21)28-3)24-22(15)19(25)11-16(14)17(13-27-2)23(26)29-4/h6-8,14,16-17H,5,9-13H2,1-4H3/p+1/t14-,16+,17?/m1/s1. The van der Waals surface area contributed by atoms with E-state index in [1.54, 1.807) is 14.2 Å². The molecule has 0 radical (unpaired) electrons. The number of hydrogen-bond acceptors (Lipinski definition) is 4. The van der Waals surface area contributed by atoms with Crippen LogP contribution in [0.2, 0.25) is 0 Å². The van der Waals surface area contributed by atoms with Crippen LogP contribution >= 0.6 is 0 Å². The lowest BCUT2D eigenvalue weighted by molar-refractivity contribution is -0.544. The molecule has 0 saturated carbocycles. The minimum absolute atomic E-state index is 0.168. The van der Waals surface area contributed by atoms with Crippen LogP contribution in [0, 0.1) is 17.8 Å². The maximum atomic E-state index is 12.5. The van der Waals surface area contributed by atoms with Crippen LogP contribution in [0.1, 0.15) is 31.0 Å². The molecular weight excluding hydrogens is 368 g/mol. The molecule has 0 fully saturated rings. The average molecular weight is 400 g/mol. The van der Waals surface area contributed by atoms with Gasteiger partial charge in [-0.15, -0.1) is 0 Å². The van der Waals surface area contributed by atoms with E-state index in [4.69, 9.17) is 14.2 Å². The van der Waals surface area contributed by atoms with Gasteiger partial charge < -0.3 is 19.2 Å². The van der Waals surface area contributed by atoms with Crippen LogP contribution in [0.25, 0.3) is 10.9 Å². The highest BCUT2D eigenvalue weighted by Crippen LogP contribution is 2.39. The third-order valence-corrected chi connectivity index (χ3v) is 6.79. The smallest absolute Gasteiger partial charge is 0.311 e. The van der Waals surface area contributed by atoms with Gasteiger partial charge in [-0.1, -0.05) is 13.0 Å². The van der Waals surface area contributed by atoms with Crippen LogP contribution in [0.3, 0.4) is 0 Å². The van der Waals surface area contributed by atoms with Crippen molar-refractivity contribution in [2.24, 2.45) is 17.8 Å². The molecule has 0 saturated heterocycles. The molecule has 0 bridgehead atoms. The Hall–Kier alpha value is -2.34. The number of benzene rings is 1. The quantitative estimate of drug-likeness (QED) is 0.599. The topological polar surface area (TPSA) is 63.6 Å². The van der Waals surface area contributed by atoms with Gasteiger partial charge in [-0.2, -0.15) is 0 Å². The number of nitrogens with one attached hydrogen (secondary N) is 1. The van der Waals surface area contributed by atoms with E-state index in [1.807, 2.05) is 12.1 Å². The highest BCUT2D eigenvalue weighted by atomic mass is 16.5. The molecule has 2 aliphatic heterocycles. The van der Waals surface area contributed by atoms with Crippen LogP contribution in [-0.2, 0) is 20.7 Å². The molecule has 4 rings (SSSR count). The fourth-order valence-electron chi connectivity index (χ4n) is 5.33. The Morgan fingerprint density at radius 3 is 2.83 bits per heavy atom. The first-order valence-corrected chi connectivity index (χ1v) is 10.5. The van der Waals surface area contributed by atoms with E-state index in [1.165, 1.54) is 29.5 Å². The van der Waals surface area contributed by atoms with Gasteiger partial charge in [-0.05, 0) is 24.5 Å². The summed E-state index contributed by atoms with van der Waals surface area (Å²) < 4.78 is 18.7. The molecule has 1 unspecified atom stereocenters. The Bertz CT molecular complexity index is 946. The van der Waals surface area contributed by atoms with E-state index in [2.05, 4.69) is 22.5 Å². The number of fused-ring (bicyclic) bond motifs is 4. The molecule has 0 aliphatic carbocycles. The Labute approximate surface area is 171 Å². The fraction of sp³-hybridized carbons (Fsp3) is 0.565. The van der Waals surface area contributed by atoms with Crippen molar-refractivity contribution in [2.75, 3.05) is 41.0 Å². The predicted octanol–water partition coefficient (Wildman–Crippen LogP) is 3.02. The summed E-state index contributed by atoms with van der Waals surface area (Å²) >= 11 is 0. The van der Waals surface area contributed by atoms with E-state index >= 15 is 0 Å². The number of carbonyl (C=O) groups excluding carboxylic acids is 1. The number of nitrogens with zero attached hydrogens (tertiary/aromatic N) is 1. The molecule has 2 aliphatic rings. The van der Waals surface area contributed by atoms with Gasteiger partial charge >= 0.3 is 5.97 Å². The number of aromatic amines is 1. The fourth-order valence-corrected chi connectivity index (χ4v) is 5.33. The third-order valence-electron chi connectivity index (χ3n) is 6.79. The maximum absolute atomic E-state index is 12.5. The first-order chi connectivity index (χ1) is 14.1. The minimum atomic E-state index is -0.242. The Morgan fingerprint density at radius 2 is 2.14 bits per heavy atom. The Balaban J connectivity index is 1.78. The third kappa shape index (κ3) is 3.33. The average Bonchev–Trinajstić information content (AvgIpc) is 3.15. The van der Waals surface area contributed by atoms with E-state index in [0.29, 0.717) is 12.5 Å². The largest absolute Gasteiger partial charge is 0.496 e. The molecule has 6 nitrogen and oxygen atoms in total. The zero-order valence-electron chi connectivity index (χ0n) is 17.8. The van der Waals surface area contributed by atoms with Gasteiger partial charge in [0.1, 0.15) is 24.5 Å². The van der Waals surface area contributed by atoms with Crippen molar-refractivity contribution < 1.29 is 23.6 Å². The lowest BCUT2D eigenvalue weighted by Gasteiger charge is -2.35. The van der Waals surface area contributed by atoms with Gasteiger partial charge in [0.2, 0.25) is 0 Å². The molecule has 29 heavy (non-hydrogen) atoms. The van der Waals surface area contributed by atoms with Gasteiger partial charge in [0.15, 0.2) is 5.71 Å². The molecule has 1 aromatic heterocycles. The predicted molar refractivity (Wildman–Crippen MR) is 112 cm³/mol. The molecule has 156 valence electrons. The van der Waals surface area contributed by atoms with Gasteiger partial charge in [0.05, 0.1) is 32.3 Å². The van der Waals surface area contributed by atoms with Crippen LogP contribution in [0.4, 0.5) is 0 Å². The lowest BCUT2D eigenvalue weighted by atomic mass is 9.73. The second kappa shape index (κ2) is 8.19. The van der Waals surface area contributed by atoms with Crippen LogP contribution in [0.5, 0.6) is 5.75 Å². The summed E-state index contributed by atoms with van der Waals surface area (Å²) in [4.78, 5) is 16.2. The summed E-state index contributed by atoms with van der Waals surface area (Å²) in [5.74, 6) is 1.16. The zero-order valence-corrected chi connectivity index (χ0v) is 17.8. The molecule has 0 amide bonds. The lowest BCUT2D eigenvalue weighted by Crippen LogP contribution is -2.46. The summed E-state index contributed by atoms with van der Waals surface area (Å²) in [6, 6.07) is 6.16. The molecule has 1 aromatic carbocycles. The number of aromatic nitrogens is 1. The molecule has 2 aromatic rings. The Morgan fingerprint density at radius 1 is 1.31 bits per heavy atom. The Kier molecular flexibility index (Phi) is 5.63. The second-order valence-corrected chi connectivity index (χ2v) is 8.13. The van der Waals surface area contributed by atoms with Gasteiger partial charge in [-0.25, -0.2) is 4.58 Å². The number of ether oxygens (including phenoxy) is 3. The summed E-state index contributed by atoms with van der Waals surface area (Å²) in [5.41, 5.74) is 4.96. The summed E-state index contributed by atoms with van der Waals surface area (Å²) in [7, 11) is 4.85. The molecule has 1 N–H and O–H groups in total. The van der Waals surface area contributed by atoms with E-state index < -0.39 is 0 Å². The van der Waals surface area contributed by atoms with Crippen LogP contribution in [0.15, 0.2) is 18.2 Å². The van der Waals surface area contributed by atoms with Gasteiger partial charge in [0, 0.05) is 36.8 Å². The molecule has 6 heteroatoms. The van der Waals surface area contributed by atoms with Crippen molar-refractivity contribution in [2.45, 2.75) is 26.2 Å². The van der Waals surface area contributed by atoms with Crippen LogP contribution in [-0.4, -0.2) is 62.3 Å². The summed E-state index contributed by atoms with van der Waals surface area (Å²) in [6.07, 6.45) is 2.89. The van der Waals surface area contributed by atoms with E-state index in [-0.39, 0.29) is 17.8 Å². The first-order valence-electron chi connectivity index (χ1n) is 10.5. The number of rotatable bonds is 6. The maximum Gasteiger partial charge on any atom is 0.311 e. The monoisotopic (exact) mass is 399 g/mol. The zero-order chi connectivity index (χ0) is 20.5. The van der Waals surface area contributed by atoms with Crippen molar-refractivity contribution in [3.8, 4) is 5.75 Å². The number of hydrogen-bond donors (Lipinski definition) is 1. The molecule has 0 spiro atoms. The van der Waals surface area contributed by atoms with Crippen LogP contribution < -0.4 is 4.74 Å². The van der Waals surface area contributed by atoms with Gasteiger partial charge in [0.25, 0.3) is 0 Å². The molecule has 3 heterocycles. The first kappa shape index (κ1) is 20.0. The summed E-state index contributed by atoms with van der Waals surface area (Å²) in [5, 5.41) is 1.19. The SMILES string of the molecule is CC[C@@H]1C[N+]2=C(C[C@@H]1C(COC)C(=O)OC)c1[nH]c3cccc(OC)c3c1CC2. The number of esters is 1. The number of carbonyl (C=O) groups is 1. The number of H-pyrrole nitrogens is 1. The van der Waals surface area contributed by atoms with Crippen molar-refractivity contribution in [3.63, 3.8) is 0 Å².